The summed E-state index contributed by atoms with van der Waals surface area (Å²) in [5.41, 5.74) is -0.778. The number of hydrogen-bond acceptors (Lipinski definition) is 3. The van der Waals surface area contributed by atoms with Crippen molar-refractivity contribution in [1.82, 2.24) is 4.90 Å². The molecule has 2 aromatic carbocycles. The smallest absolute Gasteiger partial charge is 0.335 e. The van der Waals surface area contributed by atoms with Gasteiger partial charge in [-0.25, -0.2) is 22.4 Å². The molecule has 158 valence electrons. The number of nitrogens with zero attached hydrogens (tertiary/aromatic N) is 2. The van der Waals surface area contributed by atoms with E-state index >= 15 is 0 Å². The van der Waals surface area contributed by atoms with E-state index in [4.69, 9.17) is 23.2 Å². The van der Waals surface area contributed by atoms with Gasteiger partial charge in [-0.3, -0.25) is 4.99 Å². The zero-order chi connectivity index (χ0) is 22.2. The van der Waals surface area contributed by atoms with E-state index in [-0.39, 0.29) is 40.1 Å². The number of amidine groups is 1. The summed E-state index contributed by atoms with van der Waals surface area (Å²) < 4.78 is 56.0. The van der Waals surface area contributed by atoms with Crippen LogP contribution >= 0.6 is 23.2 Å². The van der Waals surface area contributed by atoms with E-state index in [9.17, 15) is 27.5 Å². The third-order valence-corrected chi connectivity index (χ3v) is 5.16. The second-order valence-electron chi connectivity index (χ2n) is 6.31. The normalized spacial score (nSPS) is 16.7. The zero-order valence-corrected chi connectivity index (χ0v) is 16.9. The fourth-order valence-corrected chi connectivity index (χ4v) is 3.88. The van der Waals surface area contributed by atoms with Crippen molar-refractivity contribution in [3.8, 4) is 0 Å². The minimum Gasteiger partial charge on any atom is -0.478 e. The molecule has 0 bridgehead atoms. The Hall–Kier alpha value is -2.58. The van der Waals surface area contributed by atoms with Gasteiger partial charge in [-0.1, -0.05) is 17.7 Å². The van der Waals surface area contributed by atoms with E-state index in [2.05, 4.69) is 4.99 Å². The van der Waals surface area contributed by atoms with E-state index in [1.165, 1.54) is 11.0 Å². The van der Waals surface area contributed by atoms with Gasteiger partial charge in [0.1, 0.15) is 35.1 Å². The summed E-state index contributed by atoms with van der Waals surface area (Å²) in [4.78, 5) is 17.5. The highest BCUT2D eigenvalue weighted by Crippen LogP contribution is 2.39. The largest absolute Gasteiger partial charge is 0.478 e. The van der Waals surface area contributed by atoms with E-state index in [0.717, 1.165) is 12.1 Å². The van der Waals surface area contributed by atoms with Gasteiger partial charge in [0.2, 0.25) is 0 Å². The molecule has 0 saturated heterocycles. The average Bonchev–Trinajstić information content (AvgIpc) is 2.65. The standard InChI is InChI=1S/C20H14Cl2F4N2O2/c1-2-28-15(8-21)17(20(29)30)18(11-4-3-9(23)5-12(11)22)27-19(28)16-13(25)6-10(24)7-14(16)26/h3-7,18H,2,8H2,1H3,(H,29,30). The third kappa shape index (κ3) is 3.89. The molecule has 1 aliphatic heterocycles. The SMILES string of the molecule is CCN1C(c2c(F)cc(F)cc2F)=NC(c2ccc(F)cc2Cl)C(C(=O)O)=C1CCl. The molecule has 1 atom stereocenters. The number of carboxylic acid groups (broad SMARTS) is 1. The molecule has 0 radical (unpaired) electrons. The quantitative estimate of drug-likeness (QED) is 0.486. The van der Waals surface area contributed by atoms with Crippen LogP contribution in [0.2, 0.25) is 5.02 Å². The van der Waals surface area contributed by atoms with Crippen LogP contribution in [0.4, 0.5) is 17.6 Å². The predicted octanol–water partition coefficient (Wildman–Crippen LogP) is 5.30. The first kappa shape index (κ1) is 22.1. The molecule has 1 unspecified atom stereocenters. The molecule has 1 N–H and O–H groups in total. The van der Waals surface area contributed by atoms with Crippen molar-refractivity contribution in [3.05, 3.63) is 81.0 Å². The Morgan fingerprint density at radius 3 is 2.27 bits per heavy atom. The van der Waals surface area contributed by atoms with Crippen molar-refractivity contribution in [1.29, 1.82) is 0 Å². The van der Waals surface area contributed by atoms with Crippen LogP contribution in [-0.4, -0.2) is 34.2 Å². The number of allylic oxidation sites excluding steroid dienone is 1. The molecule has 0 aromatic heterocycles. The molecular formula is C20H14Cl2F4N2O2. The molecule has 30 heavy (non-hydrogen) atoms. The van der Waals surface area contributed by atoms with Crippen molar-refractivity contribution in [2.24, 2.45) is 4.99 Å². The van der Waals surface area contributed by atoms with Crippen molar-refractivity contribution in [2.45, 2.75) is 13.0 Å². The Balaban J connectivity index is 2.34. The second-order valence-corrected chi connectivity index (χ2v) is 6.98. The average molecular weight is 461 g/mol. The summed E-state index contributed by atoms with van der Waals surface area (Å²) in [6, 6.07) is 2.92. The second kappa shape index (κ2) is 8.65. The third-order valence-electron chi connectivity index (χ3n) is 4.58. The first-order valence-electron chi connectivity index (χ1n) is 8.67. The fourth-order valence-electron chi connectivity index (χ4n) is 3.32. The predicted molar refractivity (Wildman–Crippen MR) is 105 cm³/mol. The molecule has 4 nitrogen and oxygen atoms in total. The lowest BCUT2D eigenvalue weighted by molar-refractivity contribution is -0.133. The molecule has 0 amide bonds. The number of hydrogen-bond donors (Lipinski definition) is 1. The maximum Gasteiger partial charge on any atom is 0.335 e. The number of aliphatic carboxylic acids is 1. The molecule has 10 heteroatoms. The molecule has 0 aliphatic carbocycles. The minimum atomic E-state index is -1.38. The number of carboxylic acids is 1. The van der Waals surface area contributed by atoms with Crippen LogP contribution in [0, 0.1) is 23.3 Å². The van der Waals surface area contributed by atoms with Crippen LogP contribution in [0.3, 0.4) is 0 Å². The van der Waals surface area contributed by atoms with Crippen molar-refractivity contribution >= 4 is 35.0 Å². The summed E-state index contributed by atoms with van der Waals surface area (Å²) in [6.07, 6.45) is 0. The van der Waals surface area contributed by atoms with Crippen molar-refractivity contribution < 1.29 is 27.5 Å². The lowest BCUT2D eigenvalue weighted by Gasteiger charge is -2.35. The van der Waals surface area contributed by atoms with Crippen LogP contribution in [0.15, 0.2) is 46.6 Å². The van der Waals surface area contributed by atoms with Crippen LogP contribution in [-0.2, 0) is 4.79 Å². The number of benzene rings is 2. The molecule has 0 spiro atoms. The van der Waals surface area contributed by atoms with Gasteiger partial charge in [-0.2, -0.15) is 0 Å². The van der Waals surface area contributed by atoms with Crippen molar-refractivity contribution in [2.75, 3.05) is 12.4 Å². The number of carbonyl (C=O) groups is 1. The van der Waals surface area contributed by atoms with Crippen molar-refractivity contribution in [3.63, 3.8) is 0 Å². The molecule has 0 fully saturated rings. The zero-order valence-electron chi connectivity index (χ0n) is 15.4. The molecule has 1 aliphatic rings. The summed E-state index contributed by atoms with van der Waals surface area (Å²) in [7, 11) is 0. The van der Waals surface area contributed by atoms with E-state index < -0.39 is 40.8 Å². The maximum atomic E-state index is 14.5. The highest BCUT2D eigenvalue weighted by Gasteiger charge is 2.37. The van der Waals surface area contributed by atoms with Gasteiger partial charge in [0.15, 0.2) is 0 Å². The molecular weight excluding hydrogens is 447 g/mol. The highest BCUT2D eigenvalue weighted by atomic mass is 35.5. The Morgan fingerprint density at radius 1 is 1.13 bits per heavy atom. The lowest BCUT2D eigenvalue weighted by Crippen LogP contribution is -2.39. The van der Waals surface area contributed by atoms with E-state index in [0.29, 0.717) is 12.1 Å². The van der Waals surface area contributed by atoms with E-state index in [1.54, 1.807) is 6.92 Å². The Morgan fingerprint density at radius 2 is 1.77 bits per heavy atom. The summed E-state index contributed by atoms with van der Waals surface area (Å²) >= 11 is 12.1. The van der Waals surface area contributed by atoms with Gasteiger partial charge < -0.3 is 10.0 Å². The highest BCUT2D eigenvalue weighted by molar-refractivity contribution is 6.31. The van der Waals surface area contributed by atoms with E-state index in [1.807, 2.05) is 0 Å². The molecule has 1 heterocycles. The fraction of sp³-hybridized carbons (Fsp3) is 0.200. The minimum absolute atomic E-state index is 0.0326. The number of alkyl halides is 1. The summed E-state index contributed by atoms with van der Waals surface area (Å²) in [5.74, 6) is -6.20. The Labute approximate surface area is 179 Å². The van der Waals surface area contributed by atoms with Crippen LogP contribution in [0.1, 0.15) is 24.1 Å². The number of rotatable bonds is 5. The van der Waals surface area contributed by atoms with Gasteiger partial charge >= 0.3 is 5.97 Å². The lowest BCUT2D eigenvalue weighted by atomic mass is 9.94. The Kier molecular flexibility index (Phi) is 6.38. The molecule has 0 saturated carbocycles. The van der Waals surface area contributed by atoms with Gasteiger partial charge in [-0.05, 0) is 19.1 Å². The van der Waals surface area contributed by atoms with Gasteiger partial charge in [-0.15, -0.1) is 11.6 Å². The number of halogens is 6. The molecule has 3 rings (SSSR count). The van der Waals surface area contributed by atoms with Crippen LogP contribution < -0.4 is 0 Å². The van der Waals surface area contributed by atoms with Gasteiger partial charge in [0.25, 0.3) is 0 Å². The first-order chi connectivity index (χ1) is 14.2. The topological polar surface area (TPSA) is 52.9 Å². The van der Waals surface area contributed by atoms with Crippen LogP contribution in [0.25, 0.3) is 0 Å². The molecule has 2 aromatic rings. The Bertz CT molecular complexity index is 1070. The maximum absolute atomic E-state index is 14.5. The number of aliphatic imine (C=N–C) groups is 1. The van der Waals surface area contributed by atoms with Crippen LogP contribution in [0.5, 0.6) is 0 Å². The first-order valence-corrected chi connectivity index (χ1v) is 9.58. The van der Waals surface area contributed by atoms with Gasteiger partial charge in [0.05, 0.1) is 17.0 Å². The monoisotopic (exact) mass is 460 g/mol. The summed E-state index contributed by atoms with van der Waals surface area (Å²) in [5, 5.41) is 9.68. The summed E-state index contributed by atoms with van der Waals surface area (Å²) in [6.45, 7) is 1.67. The van der Waals surface area contributed by atoms with Gasteiger partial charge in [0, 0.05) is 35.0 Å².